The van der Waals surface area contributed by atoms with Gasteiger partial charge in [0.2, 0.25) is 0 Å². The molecular formula is C15H20F3N. The molecule has 0 amide bonds. The summed E-state index contributed by atoms with van der Waals surface area (Å²) in [6.45, 7) is 4.49. The Morgan fingerprint density at radius 1 is 1.16 bits per heavy atom. The van der Waals surface area contributed by atoms with E-state index in [0.717, 1.165) is 16.7 Å². The number of nitrogens with one attached hydrogen (secondary N) is 1. The lowest BCUT2D eigenvalue weighted by Crippen LogP contribution is -2.43. The molecule has 0 bridgehead atoms. The number of hydrogen-bond acceptors (Lipinski definition) is 1. The second kappa shape index (κ2) is 5.53. The number of hydrogen-bond donors (Lipinski definition) is 1. The summed E-state index contributed by atoms with van der Waals surface area (Å²) in [6, 6.07) is 6.13. The first kappa shape index (κ1) is 14.4. The minimum atomic E-state index is -4.05. The Balaban J connectivity index is 2.02. The predicted molar refractivity (Wildman–Crippen MR) is 70.2 cm³/mol. The Hall–Kier alpha value is -1.03. The molecule has 0 radical (unpaired) electrons. The molecule has 4 heteroatoms. The molecular weight excluding hydrogens is 251 g/mol. The van der Waals surface area contributed by atoms with Crippen molar-refractivity contribution in [2.75, 3.05) is 6.54 Å². The molecule has 1 aromatic rings. The van der Waals surface area contributed by atoms with E-state index in [-0.39, 0.29) is 18.9 Å². The highest BCUT2D eigenvalue weighted by atomic mass is 19.4. The second-order valence-electron chi connectivity index (χ2n) is 5.61. The van der Waals surface area contributed by atoms with Crippen molar-refractivity contribution in [2.45, 2.75) is 45.3 Å². The van der Waals surface area contributed by atoms with Gasteiger partial charge in [0, 0.05) is 6.04 Å². The van der Waals surface area contributed by atoms with Crippen molar-refractivity contribution in [3.63, 3.8) is 0 Å². The standard InChI is InChI=1S/C15H20F3N/c1-10-5-11(2)7-12(6-10)8-14-9-13(3-4-19-14)15(16,17)18/h5-7,13-14,19H,3-4,8-9H2,1-2H3. The lowest BCUT2D eigenvalue weighted by Gasteiger charge is -2.31. The van der Waals surface area contributed by atoms with Crippen LogP contribution in [0.2, 0.25) is 0 Å². The zero-order chi connectivity index (χ0) is 14.0. The molecule has 2 atom stereocenters. The highest BCUT2D eigenvalue weighted by Crippen LogP contribution is 2.34. The van der Waals surface area contributed by atoms with Crippen LogP contribution >= 0.6 is 0 Å². The normalized spacial score (nSPS) is 24.5. The fourth-order valence-electron chi connectivity index (χ4n) is 2.93. The van der Waals surface area contributed by atoms with Gasteiger partial charge in [0.1, 0.15) is 0 Å². The Labute approximate surface area is 112 Å². The number of rotatable bonds is 2. The van der Waals surface area contributed by atoms with Gasteiger partial charge in [-0.3, -0.25) is 0 Å². The van der Waals surface area contributed by atoms with E-state index in [9.17, 15) is 13.2 Å². The zero-order valence-electron chi connectivity index (χ0n) is 11.3. The highest BCUT2D eigenvalue weighted by molar-refractivity contribution is 5.29. The lowest BCUT2D eigenvalue weighted by molar-refractivity contribution is -0.183. The zero-order valence-corrected chi connectivity index (χ0v) is 11.3. The van der Waals surface area contributed by atoms with Crippen LogP contribution in [0.3, 0.4) is 0 Å². The van der Waals surface area contributed by atoms with Gasteiger partial charge < -0.3 is 5.32 Å². The maximum atomic E-state index is 12.8. The van der Waals surface area contributed by atoms with Gasteiger partial charge in [0.25, 0.3) is 0 Å². The summed E-state index contributed by atoms with van der Waals surface area (Å²) in [4.78, 5) is 0. The van der Waals surface area contributed by atoms with E-state index < -0.39 is 12.1 Å². The van der Waals surface area contributed by atoms with Gasteiger partial charge >= 0.3 is 6.18 Å². The summed E-state index contributed by atoms with van der Waals surface area (Å²) in [5.74, 6) is -1.15. The maximum Gasteiger partial charge on any atom is 0.391 e. The summed E-state index contributed by atoms with van der Waals surface area (Å²) < 4.78 is 38.3. The van der Waals surface area contributed by atoms with E-state index >= 15 is 0 Å². The van der Waals surface area contributed by atoms with Crippen LogP contribution in [0, 0.1) is 19.8 Å². The van der Waals surface area contributed by atoms with Gasteiger partial charge in [-0.15, -0.1) is 0 Å². The molecule has 1 saturated heterocycles. The second-order valence-corrected chi connectivity index (χ2v) is 5.61. The quantitative estimate of drug-likeness (QED) is 0.863. The average molecular weight is 271 g/mol. The van der Waals surface area contributed by atoms with Crippen molar-refractivity contribution < 1.29 is 13.2 Å². The summed E-state index contributed by atoms with van der Waals surface area (Å²) in [5.41, 5.74) is 3.45. The fourth-order valence-corrected chi connectivity index (χ4v) is 2.93. The molecule has 2 rings (SSSR count). The number of halogens is 3. The summed E-state index contributed by atoms with van der Waals surface area (Å²) in [5, 5.41) is 3.21. The molecule has 1 fully saturated rings. The van der Waals surface area contributed by atoms with Crippen molar-refractivity contribution in [1.82, 2.24) is 5.32 Å². The Kier molecular flexibility index (Phi) is 4.19. The molecule has 0 aliphatic carbocycles. The molecule has 0 aromatic heterocycles. The van der Waals surface area contributed by atoms with E-state index in [1.807, 2.05) is 13.8 Å². The van der Waals surface area contributed by atoms with Crippen LogP contribution in [0.1, 0.15) is 29.5 Å². The third-order valence-corrected chi connectivity index (χ3v) is 3.72. The monoisotopic (exact) mass is 271 g/mol. The van der Waals surface area contributed by atoms with Crippen LogP contribution in [-0.4, -0.2) is 18.8 Å². The van der Waals surface area contributed by atoms with Gasteiger partial charge in [0.15, 0.2) is 0 Å². The lowest BCUT2D eigenvalue weighted by atomic mass is 9.88. The number of benzene rings is 1. The Morgan fingerprint density at radius 2 is 1.79 bits per heavy atom. The van der Waals surface area contributed by atoms with E-state index in [2.05, 4.69) is 23.5 Å². The first-order chi connectivity index (χ1) is 8.84. The van der Waals surface area contributed by atoms with Gasteiger partial charge in [0.05, 0.1) is 5.92 Å². The van der Waals surface area contributed by atoms with Crippen molar-refractivity contribution in [2.24, 2.45) is 5.92 Å². The van der Waals surface area contributed by atoms with Crippen molar-refractivity contribution >= 4 is 0 Å². The molecule has 2 unspecified atom stereocenters. The molecule has 1 aliphatic heterocycles. The third-order valence-electron chi connectivity index (χ3n) is 3.72. The maximum absolute atomic E-state index is 12.8. The molecule has 1 N–H and O–H groups in total. The van der Waals surface area contributed by atoms with Crippen LogP contribution in [0.25, 0.3) is 0 Å². The predicted octanol–water partition coefficient (Wildman–Crippen LogP) is 3.78. The number of alkyl halides is 3. The first-order valence-corrected chi connectivity index (χ1v) is 6.72. The summed E-state index contributed by atoms with van der Waals surface area (Å²) >= 11 is 0. The molecule has 0 saturated carbocycles. The van der Waals surface area contributed by atoms with Gasteiger partial charge in [-0.05, 0) is 45.2 Å². The van der Waals surface area contributed by atoms with Gasteiger partial charge in [-0.25, -0.2) is 0 Å². The first-order valence-electron chi connectivity index (χ1n) is 6.72. The van der Waals surface area contributed by atoms with E-state index in [1.165, 1.54) is 0 Å². The highest BCUT2D eigenvalue weighted by Gasteiger charge is 2.41. The smallest absolute Gasteiger partial charge is 0.314 e. The van der Waals surface area contributed by atoms with Crippen LogP contribution < -0.4 is 5.32 Å². The third kappa shape index (κ3) is 3.96. The van der Waals surface area contributed by atoms with E-state index in [1.54, 1.807) is 0 Å². The molecule has 1 aliphatic rings. The van der Waals surface area contributed by atoms with Crippen molar-refractivity contribution in [1.29, 1.82) is 0 Å². The molecule has 19 heavy (non-hydrogen) atoms. The van der Waals surface area contributed by atoms with Crippen molar-refractivity contribution in [3.8, 4) is 0 Å². The number of aryl methyl sites for hydroxylation is 2. The largest absolute Gasteiger partial charge is 0.391 e. The van der Waals surface area contributed by atoms with E-state index in [4.69, 9.17) is 0 Å². The Bertz CT molecular complexity index is 419. The summed E-state index contributed by atoms with van der Waals surface area (Å²) in [6.07, 6.45) is -2.98. The van der Waals surface area contributed by atoms with E-state index in [0.29, 0.717) is 13.0 Å². The van der Waals surface area contributed by atoms with Crippen LogP contribution in [-0.2, 0) is 6.42 Å². The SMILES string of the molecule is Cc1cc(C)cc(CC2CC(C(F)(F)F)CCN2)c1. The molecule has 0 spiro atoms. The number of piperidine rings is 1. The molecule has 1 heterocycles. The minimum Gasteiger partial charge on any atom is -0.314 e. The topological polar surface area (TPSA) is 12.0 Å². The molecule has 1 aromatic carbocycles. The average Bonchev–Trinajstić information content (AvgIpc) is 2.26. The molecule has 1 nitrogen and oxygen atoms in total. The minimum absolute atomic E-state index is 0.0680. The fraction of sp³-hybridized carbons (Fsp3) is 0.600. The van der Waals surface area contributed by atoms with Crippen molar-refractivity contribution in [3.05, 3.63) is 34.9 Å². The van der Waals surface area contributed by atoms with Crippen LogP contribution in [0.15, 0.2) is 18.2 Å². The summed E-state index contributed by atoms with van der Waals surface area (Å²) in [7, 11) is 0. The van der Waals surface area contributed by atoms with Crippen LogP contribution in [0.5, 0.6) is 0 Å². The van der Waals surface area contributed by atoms with Crippen LogP contribution in [0.4, 0.5) is 13.2 Å². The molecule has 106 valence electrons. The van der Waals surface area contributed by atoms with Gasteiger partial charge in [-0.1, -0.05) is 29.3 Å². The van der Waals surface area contributed by atoms with Gasteiger partial charge in [-0.2, -0.15) is 13.2 Å². The Morgan fingerprint density at radius 3 is 2.37 bits per heavy atom.